The van der Waals surface area contributed by atoms with Gasteiger partial charge in [-0.25, -0.2) is 8.42 Å². The smallest absolute Gasteiger partial charge is 0.244 e. The van der Waals surface area contributed by atoms with E-state index in [4.69, 9.17) is 29.6 Å². The number of nitrogens with zero attached hydrogens (tertiary/aromatic N) is 1. The van der Waals surface area contributed by atoms with E-state index < -0.39 is 10.0 Å². The van der Waals surface area contributed by atoms with Gasteiger partial charge in [-0.1, -0.05) is 57.1 Å². The van der Waals surface area contributed by atoms with E-state index in [-0.39, 0.29) is 20.8 Å². The van der Waals surface area contributed by atoms with E-state index in [1.165, 1.54) is 16.4 Å². The minimum Gasteiger partial charge on any atom is -0.389 e. The van der Waals surface area contributed by atoms with Crippen LogP contribution in [0.25, 0.3) is 0 Å². The van der Waals surface area contributed by atoms with Crippen molar-refractivity contribution < 1.29 is 8.42 Å². The normalized spacial score (nSPS) is 13.4. The molecule has 0 fully saturated rings. The van der Waals surface area contributed by atoms with Crippen molar-refractivity contribution in [2.45, 2.75) is 32.1 Å². The first kappa shape index (κ1) is 18.4. The summed E-state index contributed by atoms with van der Waals surface area (Å²) in [6.07, 6.45) is 0.909. The van der Waals surface area contributed by atoms with Crippen molar-refractivity contribution >= 4 is 38.8 Å². The van der Waals surface area contributed by atoms with Gasteiger partial charge in [-0.3, -0.25) is 0 Å². The number of hydrogen-bond acceptors (Lipinski definition) is 3. The maximum atomic E-state index is 12.8. The first-order chi connectivity index (χ1) is 9.73. The summed E-state index contributed by atoms with van der Waals surface area (Å²) in [6, 6.07) is 4.58. The van der Waals surface area contributed by atoms with Gasteiger partial charge in [-0.15, -0.1) is 0 Å². The van der Waals surface area contributed by atoms with E-state index in [9.17, 15) is 8.42 Å². The molecule has 21 heavy (non-hydrogen) atoms. The lowest BCUT2D eigenvalue weighted by Crippen LogP contribution is -2.34. The fourth-order valence-corrected chi connectivity index (χ4v) is 4.06. The Labute approximate surface area is 137 Å². The van der Waals surface area contributed by atoms with Crippen molar-refractivity contribution in [3.05, 3.63) is 28.8 Å². The highest BCUT2D eigenvalue weighted by atomic mass is 35.5. The molecule has 0 bridgehead atoms. The molecule has 0 spiro atoms. The minimum absolute atomic E-state index is 0.0552. The summed E-state index contributed by atoms with van der Waals surface area (Å²) in [5.74, 6) is 0.275. The molecule has 4 nitrogen and oxygen atoms in total. The molecular weight excluding hydrogens is 328 g/mol. The van der Waals surface area contributed by atoms with Gasteiger partial charge in [-0.05, 0) is 18.1 Å². The molecular formula is C14H21ClN2O2S2. The molecule has 0 aromatic heterocycles. The molecule has 1 atom stereocenters. The van der Waals surface area contributed by atoms with E-state index in [0.29, 0.717) is 18.7 Å². The number of thiocarbonyl (C=S) groups is 1. The van der Waals surface area contributed by atoms with Crippen LogP contribution in [0.3, 0.4) is 0 Å². The molecule has 1 aromatic carbocycles. The molecule has 1 unspecified atom stereocenters. The lowest BCUT2D eigenvalue weighted by Gasteiger charge is -2.24. The topological polar surface area (TPSA) is 63.4 Å². The molecule has 0 aliphatic rings. The molecule has 0 saturated carbocycles. The van der Waals surface area contributed by atoms with Gasteiger partial charge in [0.1, 0.15) is 9.88 Å². The Morgan fingerprint density at radius 3 is 2.52 bits per heavy atom. The number of rotatable bonds is 7. The molecule has 1 aromatic rings. The third kappa shape index (κ3) is 4.39. The Balaban J connectivity index is 3.28. The minimum atomic E-state index is -3.66. The van der Waals surface area contributed by atoms with Crippen LogP contribution < -0.4 is 5.73 Å². The second-order valence-electron chi connectivity index (χ2n) is 4.98. The number of sulfonamides is 1. The van der Waals surface area contributed by atoms with Gasteiger partial charge in [0.25, 0.3) is 0 Å². The van der Waals surface area contributed by atoms with Crippen LogP contribution in [0.4, 0.5) is 0 Å². The predicted molar refractivity (Wildman–Crippen MR) is 91.2 cm³/mol. The van der Waals surface area contributed by atoms with Crippen LogP contribution in [0.1, 0.15) is 32.8 Å². The van der Waals surface area contributed by atoms with Gasteiger partial charge in [0.15, 0.2) is 0 Å². The molecule has 0 amide bonds. The van der Waals surface area contributed by atoms with Crippen LogP contribution in [-0.2, 0) is 10.0 Å². The van der Waals surface area contributed by atoms with E-state index in [0.717, 1.165) is 6.42 Å². The van der Waals surface area contributed by atoms with Crippen LogP contribution in [-0.4, -0.2) is 30.8 Å². The second-order valence-corrected chi connectivity index (χ2v) is 7.73. The fraction of sp³-hybridized carbons (Fsp3) is 0.500. The highest BCUT2D eigenvalue weighted by Gasteiger charge is 2.27. The molecule has 0 aliphatic carbocycles. The van der Waals surface area contributed by atoms with Crippen LogP contribution in [0.5, 0.6) is 0 Å². The van der Waals surface area contributed by atoms with Crippen molar-refractivity contribution in [2.24, 2.45) is 11.7 Å². The average molecular weight is 349 g/mol. The second kappa shape index (κ2) is 7.54. The molecule has 0 aliphatic heterocycles. The molecule has 0 saturated heterocycles. The SMILES string of the molecule is CCC(C)CN(CC)S(=O)(=O)c1cc(C(N)=S)ccc1Cl. The van der Waals surface area contributed by atoms with E-state index in [1.54, 1.807) is 6.07 Å². The first-order valence-electron chi connectivity index (χ1n) is 6.83. The summed E-state index contributed by atoms with van der Waals surface area (Å²) >= 11 is 11.0. The molecule has 118 valence electrons. The predicted octanol–water partition coefficient (Wildman–Crippen LogP) is 3.03. The van der Waals surface area contributed by atoms with Crippen molar-refractivity contribution in [3.63, 3.8) is 0 Å². The summed E-state index contributed by atoms with van der Waals surface area (Å²) in [5, 5.41) is 0.178. The monoisotopic (exact) mass is 348 g/mol. The van der Waals surface area contributed by atoms with Crippen LogP contribution in [0.2, 0.25) is 5.02 Å². The number of halogens is 1. The van der Waals surface area contributed by atoms with Gasteiger partial charge in [0, 0.05) is 18.7 Å². The maximum absolute atomic E-state index is 12.8. The first-order valence-corrected chi connectivity index (χ1v) is 9.06. The van der Waals surface area contributed by atoms with Crippen molar-refractivity contribution in [1.29, 1.82) is 0 Å². The Hall–Kier alpha value is -0.690. The average Bonchev–Trinajstić information content (AvgIpc) is 2.44. The molecule has 7 heteroatoms. The Morgan fingerprint density at radius 1 is 1.43 bits per heavy atom. The van der Waals surface area contributed by atoms with Crippen molar-refractivity contribution in [1.82, 2.24) is 4.31 Å². The van der Waals surface area contributed by atoms with Gasteiger partial charge in [-0.2, -0.15) is 4.31 Å². The Morgan fingerprint density at radius 2 is 2.05 bits per heavy atom. The zero-order valence-electron chi connectivity index (χ0n) is 12.5. The number of nitrogens with two attached hydrogens (primary N) is 1. The lowest BCUT2D eigenvalue weighted by atomic mass is 10.1. The van der Waals surface area contributed by atoms with Crippen LogP contribution in [0.15, 0.2) is 23.1 Å². The zero-order chi connectivity index (χ0) is 16.2. The maximum Gasteiger partial charge on any atom is 0.244 e. The van der Waals surface area contributed by atoms with Crippen molar-refractivity contribution in [2.75, 3.05) is 13.1 Å². The van der Waals surface area contributed by atoms with E-state index in [1.807, 2.05) is 20.8 Å². The van der Waals surface area contributed by atoms with Crippen LogP contribution in [0, 0.1) is 5.92 Å². The summed E-state index contributed by atoms with van der Waals surface area (Å²) in [6.45, 7) is 6.71. The van der Waals surface area contributed by atoms with Crippen LogP contribution >= 0.6 is 23.8 Å². The van der Waals surface area contributed by atoms with Gasteiger partial charge < -0.3 is 5.73 Å². The standard InChI is InChI=1S/C14H21ClN2O2S2/c1-4-10(3)9-17(5-2)21(18,19)13-8-11(14(16)20)6-7-12(13)15/h6-8,10H,4-5,9H2,1-3H3,(H2,16,20). The third-order valence-corrected chi connectivity index (χ3v) is 6.06. The van der Waals surface area contributed by atoms with E-state index in [2.05, 4.69) is 0 Å². The van der Waals surface area contributed by atoms with Gasteiger partial charge in [0.2, 0.25) is 10.0 Å². The van der Waals surface area contributed by atoms with Gasteiger partial charge in [0.05, 0.1) is 5.02 Å². The molecule has 0 radical (unpaired) electrons. The largest absolute Gasteiger partial charge is 0.389 e. The summed E-state index contributed by atoms with van der Waals surface area (Å²) in [4.78, 5) is 0.202. The fourth-order valence-electron chi connectivity index (χ4n) is 1.87. The number of hydrogen-bond donors (Lipinski definition) is 1. The Kier molecular flexibility index (Phi) is 6.59. The van der Waals surface area contributed by atoms with E-state index >= 15 is 0 Å². The highest BCUT2D eigenvalue weighted by molar-refractivity contribution is 7.89. The molecule has 2 N–H and O–H groups in total. The Bertz CT molecular complexity index is 617. The molecule has 0 heterocycles. The summed E-state index contributed by atoms with van der Waals surface area (Å²) < 4.78 is 27.0. The zero-order valence-corrected chi connectivity index (χ0v) is 14.9. The third-order valence-electron chi connectivity index (χ3n) is 3.40. The highest BCUT2D eigenvalue weighted by Crippen LogP contribution is 2.26. The summed E-state index contributed by atoms with van der Waals surface area (Å²) in [5.41, 5.74) is 6.06. The lowest BCUT2D eigenvalue weighted by molar-refractivity contribution is 0.361. The number of benzene rings is 1. The van der Waals surface area contributed by atoms with Crippen molar-refractivity contribution in [3.8, 4) is 0 Å². The van der Waals surface area contributed by atoms with Gasteiger partial charge >= 0.3 is 0 Å². The quantitative estimate of drug-likeness (QED) is 0.769. The summed E-state index contributed by atoms with van der Waals surface area (Å²) in [7, 11) is -3.66. The molecule has 1 rings (SSSR count).